The summed E-state index contributed by atoms with van der Waals surface area (Å²) in [7, 11) is 0. The first kappa shape index (κ1) is 10.3. The number of Topliss-reactive ketones (excluding diaryl/α,β-unsaturated/α-hetero) is 2. The fourth-order valence-corrected chi connectivity index (χ4v) is 2.56. The Morgan fingerprint density at radius 1 is 1.24 bits per heavy atom. The van der Waals surface area contributed by atoms with Crippen molar-refractivity contribution in [3.05, 3.63) is 29.3 Å². The van der Waals surface area contributed by atoms with Gasteiger partial charge >= 0.3 is 0 Å². The minimum atomic E-state index is -2.32. The summed E-state index contributed by atoms with van der Waals surface area (Å²) in [6, 6.07) is 1.97. The van der Waals surface area contributed by atoms with Crippen LogP contribution in [0.5, 0.6) is 0 Å². The van der Waals surface area contributed by atoms with Gasteiger partial charge in [0.25, 0.3) is 11.8 Å². The topological polar surface area (TPSA) is 97.5 Å². The number of fused-ring (bicyclic) bond motifs is 1. The van der Waals surface area contributed by atoms with Gasteiger partial charge in [0, 0.05) is 14.8 Å². The maximum absolute atomic E-state index is 12.6. The van der Waals surface area contributed by atoms with Crippen molar-refractivity contribution in [3.8, 4) is 0 Å². The van der Waals surface area contributed by atoms with Crippen LogP contribution < -0.4 is 5.73 Å². The highest BCUT2D eigenvalue weighted by molar-refractivity contribution is 6.25. The van der Waals surface area contributed by atoms with Crippen molar-refractivity contribution in [1.29, 1.82) is 0 Å². The van der Waals surface area contributed by atoms with E-state index in [0.717, 1.165) is 0 Å². The van der Waals surface area contributed by atoms with E-state index in [1.807, 2.05) is 0 Å². The predicted octanol–water partition coefficient (Wildman–Crippen LogP) is 0.946. The smallest absolute Gasteiger partial charge is 0.264 e. The van der Waals surface area contributed by atoms with Crippen molar-refractivity contribution < 1.29 is 23.3 Å². The normalized spacial score (nSPS) is 30.5. The molecule has 1 aliphatic carbocycles. The molecule has 0 spiro atoms. The second-order valence-electron chi connectivity index (χ2n) is 4.86. The number of amides is 2. The van der Waals surface area contributed by atoms with E-state index in [-0.39, 0.29) is 16.8 Å². The summed E-state index contributed by atoms with van der Waals surface area (Å²) in [5.41, 5.74) is 5.72. The number of rotatable bonds is 1. The first-order chi connectivity index (χ1) is 11.1. The lowest BCUT2D eigenvalue weighted by Crippen LogP contribution is -2.44. The Hall–Kier alpha value is -2.50. The molecule has 0 saturated heterocycles. The highest BCUT2D eigenvalue weighted by atomic mass is 16.2. The molecule has 1 fully saturated rings. The molecule has 1 heterocycles. The maximum atomic E-state index is 12.6. The lowest BCUT2D eigenvalue weighted by molar-refractivity contribution is -0.128. The number of anilines is 1. The predicted molar refractivity (Wildman–Crippen MR) is 73.6 cm³/mol. The summed E-state index contributed by atoms with van der Waals surface area (Å²) in [6.45, 7) is 0. The molecule has 1 atom stereocenters. The molecule has 6 nitrogen and oxygen atoms in total. The fraction of sp³-hybridized carbons (Fsp3) is 0.333. The summed E-state index contributed by atoms with van der Waals surface area (Å²) >= 11 is 0. The fourth-order valence-electron chi connectivity index (χ4n) is 2.56. The van der Waals surface area contributed by atoms with Gasteiger partial charge in [0.15, 0.2) is 5.78 Å². The molecule has 0 radical (unpaired) electrons. The monoisotopic (exact) mass is 289 g/mol. The van der Waals surface area contributed by atoms with Crippen LogP contribution in [0, 0.1) is 0 Å². The van der Waals surface area contributed by atoms with E-state index in [2.05, 4.69) is 0 Å². The number of nitrogens with two attached hydrogens (primary N) is 1. The Kier molecular flexibility index (Phi) is 2.35. The third-order valence-electron chi connectivity index (χ3n) is 3.54. The Balaban J connectivity index is 2.07. The summed E-state index contributed by atoms with van der Waals surface area (Å²) in [4.78, 5) is 49.9. The van der Waals surface area contributed by atoms with Gasteiger partial charge in [-0.2, -0.15) is 0 Å². The van der Waals surface area contributed by atoms with Crippen molar-refractivity contribution in [3.63, 3.8) is 0 Å². The first-order valence-corrected chi connectivity index (χ1v) is 6.43. The zero-order valence-corrected chi connectivity index (χ0v) is 11.0. The Morgan fingerprint density at radius 2 is 2.00 bits per heavy atom. The molecule has 6 heteroatoms. The Morgan fingerprint density at radius 3 is 2.71 bits per heavy atom. The van der Waals surface area contributed by atoms with E-state index in [1.54, 1.807) is 0 Å². The number of nitrogen functional groups attached to an aromatic ring is 1. The standard InChI is InChI=1S/C15H14N2O4/c16-10-5-2-4-9-13(10)15(21)17(14(9)20)11-6-1-3-8(18)7-12(11)19/h2,4-5,11H,1,3,6-7,16H2/t11-/m1/s1/i3D2,11D. The summed E-state index contributed by atoms with van der Waals surface area (Å²) in [5, 5.41) is 0. The van der Waals surface area contributed by atoms with Crippen molar-refractivity contribution >= 4 is 29.1 Å². The number of hydrogen-bond acceptors (Lipinski definition) is 5. The molecule has 0 unspecified atom stereocenters. The highest BCUT2D eigenvalue weighted by Gasteiger charge is 2.44. The third-order valence-corrected chi connectivity index (χ3v) is 3.54. The van der Waals surface area contributed by atoms with Crippen LogP contribution in [0.1, 0.15) is 50.5 Å². The van der Waals surface area contributed by atoms with E-state index in [9.17, 15) is 19.2 Å². The minimum Gasteiger partial charge on any atom is -0.398 e. The largest absolute Gasteiger partial charge is 0.398 e. The van der Waals surface area contributed by atoms with Crippen LogP contribution in [0.2, 0.25) is 0 Å². The molecule has 0 bridgehead atoms. The molecule has 3 rings (SSSR count). The molecule has 2 aliphatic rings. The summed E-state index contributed by atoms with van der Waals surface area (Å²) in [6.07, 6.45) is -3.98. The Bertz CT molecular complexity index is 808. The quantitative estimate of drug-likeness (QED) is 0.359. The van der Waals surface area contributed by atoms with Gasteiger partial charge in [0.1, 0.15) is 5.78 Å². The van der Waals surface area contributed by atoms with Crippen molar-refractivity contribution in [2.24, 2.45) is 0 Å². The second kappa shape index (κ2) is 4.80. The van der Waals surface area contributed by atoms with E-state index < -0.39 is 55.0 Å². The number of nitrogens with zero attached hydrogens (tertiary/aromatic N) is 1. The van der Waals surface area contributed by atoms with E-state index in [1.165, 1.54) is 18.2 Å². The second-order valence-corrected chi connectivity index (χ2v) is 4.86. The van der Waals surface area contributed by atoms with Gasteiger partial charge in [-0.1, -0.05) is 6.07 Å². The minimum absolute atomic E-state index is 0.00184. The van der Waals surface area contributed by atoms with Crippen LogP contribution in [0.4, 0.5) is 5.69 Å². The van der Waals surface area contributed by atoms with E-state index in [4.69, 9.17) is 9.85 Å². The lowest BCUT2D eigenvalue weighted by atomic mass is 10.1. The van der Waals surface area contributed by atoms with E-state index >= 15 is 0 Å². The number of carbonyl (C=O) groups excluding carboxylic acids is 4. The molecule has 1 aromatic rings. The highest BCUT2D eigenvalue weighted by Crippen LogP contribution is 2.31. The maximum Gasteiger partial charge on any atom is 0.264 e. The molecule has 2 amide bonds. The molecule has 1 saturated carbocycles. The average molecular weight is 289 g/mol. The van der Waals surface area contributed by atoms with Gasteiger partial charge in [0.05, 0.1) is 24.9 Å². The Labute approximate surface area is 125 Å². The van der Waals surface area contributed by atoms with Gasteiger partial charge in [-0.25, -0.2) is 0 Å². The molecular formula is C15H14N2O4. The number of carbonyl (C=O) groups is 4. The summed E-state index contributed by atoms with van der Waals surface area (Å²) in [5.74, 6) is -3.62. The van der Waals surface area contributed by atoms with Gasteiger partial charge in [0.2, 0.25) is 0 Å². The average Bonchev–Trinajstić information content (AvgIpc) is 2.73. The van der Waals surface area contributed by atoms with Crippen LogP contribution in [-0.4, -0.2) is 34.3 Å². The molecule has 0 aromatic heterocycles. The van der Waals surface area contributed by atoms with Crippen LogP contribution in [0.3, 0.4) is 0 Å². The van der Waals surface area contributed by atoms with Crippen molar-refractivity contribution in [2.45, 2.75) is 31.7 Å². The molecular weight excluding hydrogens is 272 g/mol. The molecule has 2 N–H and O–H groups in total. The van der Waals surface area contributed by atoms with Crippen molar-refractivity contribution in [2.75, 3.05) is 5.73 Å². The van der Waals surface area contributed by atoms with Gasteiger partial charge in [-0.3, -0.25) is 24.1 Å². The summed E-state index contributed by atoms with van der Waals surface area (Å²) < 4.78 is 23.7. The van der Waals surface area contributed by atoms with Crippen LogP contribution in [0.25, 0.3) is 0 Å². The van der Waals surface area contributed by atoms with Gasteiger partial charge in [-0.05, 0) is 25.0 Å². The molecule has 1 aromatic carbocycles. The zero-order chi connectivity index (χ0) is 17.9. The molecule has 1 aliphatic heterocycles. The number of benzene rings is 1. The third kappa shape index (κ3) is 2.03. The van der Waals surface area contributed by atoms with Gasteiger partial charge in [-0.15, -0.1) is 0 Å². The molecule has 108 valence electrons. The van der Waals surface area contributed by atoms with E-state index in [0.29, 0.717) is 4.90 Å². The SMILES string of the molecule is [2H]C1([2H])CC[C@@]([2H])(N2C(=O)c3cccc(N)c3C2=O)C(=O)CC1=O. The number of imide groups is 1. The first-order valence-electron chi connectivity index (χ1n) is 7.93. The number of hydrogen-bond donors (Lipinski definition) is 1. The van der Waals surface area contributed by atoms with Crippen LogP contribution in [0.15, 0.2) is 18.2 Å². The van der Waals surface area contributed by atoms with Gasteiger partial charge < -0.3 is 5.73 Å². The van der Waals surface area contributed by atoms with Crippen LogP contribution >= 0.6 is 0 Å². The van der Waals surface area contributed by atoms with Crippen LogP contribution in [-0.2, 0) is 9.59 Å². The molecule has 21 heavy (non-hydrogen) atoms. The zero-order valence-electron chi connectivity index (χ0n) is 14.0. The number of ketones is 2. The van der Waals surface area contributed by atoms with Crippen molar-refractivity contribution in [1.82, 2.24) is 4.90 Å². The lowest BCUT2D eigenvalue weighted by Gasteiger charge is -2.23.